The van der Waals surface area contributed by atoms with E-state index in [1.807, 2.05) is 48.5 Å². The molecule has 0 saturated heterocycles. The van der Waals surface area contributed by atoms with E-state index in [2.05, 4.69) is 10.3 Å². The normalized spacial score (nSPS) is 10.8. The Labute approximate surface area is 92.3 Å². The van der Waals surface area contributed by atoms with Crippen molar-refractivity contribution >= 4 is 16.7 Å². The van der Waals surface area contributed by atoms with Crippen molar-refractivity contribution in [2.75, 3.05) is 5.73 Å². The summed E-state index contributed by atoms with van der Waals surface area (Å²) in [5.74, 6) is 0. The molecule has 0 aliphatic rings. The number of hydrogen-bond acceptors (Lipinski definition) is 3. The maximum absolute atomic E-state index is 5.94. The summed E-state index contributed by atoms with van der Waals surface area (Å²) in [6.45, 7) is 0. The Bertz CT molecular complexity index is 628. The highest BCUT2D eigenvalue weighted by molar-refractivity contribution is 5.87. The number of para-hydroxylation sites is 2. The van der Waals surface area contributed by atoms with Crippen LogP contribution in [0, 0.1) is 0 Å². The number of nitrogen functional groups attached to an aromatic ring is 1. The number of nitrogens with two attached hydrogens (primary N) is 1. The lowest BCUT2D eigenvalue weighted by molar-refractivity contribution is 0.824. The van der Waals surface area contributed by atoms with Gasteiger partial charge in [0, 0.05) is 0 Å². The van der Waals surface area contributed by atoms with Crippen molar-refractivity contribution in [3.05, 3.63) is 48.5 Å². The highest BCUT2D eigenvalue weighted by Crippen LogP contribution is 2.21. The van der Waals surface area contributed by atoms with E-state index < -0.39 is 0 Å². The average molecular weight is 210 g/mol. The van der Waals surface area contributed by atoms with E-state index in [0.717, 1.165) is 16.7 Å². The predicted octanol–water partition coefficient (Wildman–Crippen LogP) is 2.00. The fourth-order valence-electron chi connectivity index (χ4n) is 1.75. The third-order valence-electron chi connectivity index (χ3n) is 2.50. The minimum absolute atomic E-state index is 0.686. The summed E-state index contributed by atoms with van der Waals surface area (Å²) in [7, 11) is 0. The van der Waals surface area contributed by atoms with Gasteiger partial charge in [0.15, 0.2) is 0 Å². The highest BCUT2D eigenvalue weighted by Gasteiger charge is 2.08. The molecule has 2 N–H and O–H groups in total. The van der Waals surface area contributed by atoms with Gasteiger partial charge in [0.05, 0.1) is 11.4 Å². The van der Waals surface area contributed by atoms with Crippen molar-refractivity contribution < 1.29 is 0 Å². The molecule has 0 fully saturated rings. The van der Waals surface area contributed by atoms with Crippen LogP contribution in [0.1, 0.15) is 0 Å². The quantitative estimate of drug-likeness (QED) is 0.625. The van der Waals surface area contributed by atoms with Crippen LogP contribution in [0.15, 0.2) is 48.5 Å². The molecule has 0 saturated carbocycles. The summed E-state index contributed by atoms with van der Waals surface area (Å²) >= 11 is 0. The number of fused-ring (bicyclic) bond motifs is 1. The second-order valence-corrected chi connectivity index (χ2v) is 3.55. The first-order valence-electron chi connectivity index (χ1n) is 5.01. The Balaban J connectivity index is 2.33. The molecule has 3 rings (SSSR count). The van der Waals surface area contributed by atoms with E-state index in [1.54, 1.807) is 4.68 Å². The van der Waals surface area contributed by atoms with E-state index in [1.165, 1.54) is 0 Å². The van der Waals surface area contributed by atoms with E-state index in [0.29, 0.717) is 5.69 Å². The Morgan fingerprint density at radius 3 is 2.56 bits per heavy atom. The lowest BCUT2D eigenvalue weighted by Crippen LogP contribution is -1.98. The van der Waals surface area contributed by atoms with Crippen LogP contribution < -0.4 is 5.73 Å². The van der Waals surface area contributed by atoms with Crippen LogP contribution in [0.5, 0.6) is 0 Å². The molecule has 2 aromatic carbocycles. The number of benzene rings is 2. The molecule has 0 atom stereocenters. The molecule has 16 heavy (non-hydrogen) atoms. The van der Waals surface area contributed by atoms with E-state index >= 15 is 0 Å². The van der Waals surface area contributed by atoms with Gasteiger partial charge in [0.1, 0.15) is 11.0 Å². The van der Waals surface area contributed by atoms with Gasteiger partial charge in [0.25, 0.3) is 0 Å². The van der Waals surface area contributed by atoms with Gasteiger partial charge in [-0.05, 0) is 24.3 Å². The van der Waals surface area contributed by atoms with Gasteiger partial charge < -0.3 is 5.73 Å². The molecule has 0 bridgehead atoms. The van der Waals surface area contributed by atoms with Crippen molar-refractivity contribution in [3.8, 4) is 5.69 Å². The molecule has 0 radical (unpaired) electrons. The number of hydrogen-bond donors (Lipinski definition) is 1. The largest absolute Gasteiger partial charge is 0.397 e. The van der Waals surface area contributed by atoms with Gasteiger partial charge >= 0.3 is 0 Å². The summed E-state index contributed by atoms with van der Waals surface area (Å²) in [4.78, 5) is 0. The Kier molecular flexibility index (Phi) is 1.86. The Hall–Kier alpha value is -2.36. The monoisotopic (exact) mass is 210 g/mol. The van der Waals surface area contributed by atoms with Crippen molar-refractivity contribution in [2.45, 2.75) is 0 Å². The van der Waals surface area contributed by atoms with Crippen molar-refractivity contribution in [3.63, 3.8) is 0 Å². The van der Waals surface area contributed by atoms with Gasteiger partial charge in [-0.2, -0.15) is 0 Å². The molecular weight excluding hydrogens is 200 g/mol. The van der Waals surface area contributed by atoms with Crippen molar-refractivity contribution in [1.82, 2.24) is 15.0 Å². The Morgan fingerprint density at radius 2 is 1.75 bits per heavy atom. The van der Waals surface area contributed by atoms with E-state index in [4.69, 9.17) is 5.73 Å². The molecule has 3 aromatic rings. The van der Waals surface area contributed by atoms with Crippen molar-refractivity contribution in [1.29, 1.82) is 0 Å². The van der Waals surface area contributed by atoms with Gasteiger partial charge in [-0.1, -0.05) is 29.5 Å². The minimum Gasteiger partial charge on any atom is -0.397 e. The predicted molar refractivity (Wildman–Crippen MR) is 63.3 cm³/mol. The summed E-state index contributed by atoms with van der Waals surface area (Å²) in [6.07, 6.45) is 0. The maximum atomic E-state index is 5.94. The first-order chi connectivity index (χ1) is 7.86. The molecule has 1 heterocycles. The zero-order valence-electron chi connectivity index (χ0n) is 8.54. The van der Waals surface area contributed by atoms with Crippen LogP contribution in [-0.2, 0) is 0 Å². The molecule has 4 nitrogen and oxygen atoms in total. The van der Waals surface area contributed by atoms with Gasteiger partial charge in [-0.15, -0.1) is 5.10 Å². The number of aromatic nitrogens is 3. The minimum atomic E-state index is 0.686. The summed E-state index contributed by atoms with van der Waals surface area (Å²) in [6, 6.07) is 15.5. The first kappa shape index (κ1) is 8.91. The molecular formula is C12H10N4. The average Bonchev–Trinajstić information content (AvgIpc) is 2.75. The van der Waals surface area contributed by atoms with Gasteiger partial charge in [-0.3, -0.25) is 0 Å². The van der Waals surface area contributed by atoms with Gasteiger partial charge in [0.2, 0.25) is 0 Å². The number of anilines is 1. The molecule has 1 aromatic heterocycles. The van der Waals surface area contributed by atoms with Crippen molar-refractivity contribution in [2.24, 2.45) is 0 Å². The summed E-state index contributed by atoms with van der Waals surface area (Å²) < 4.78 is 1.75. The summed E-state index contributed by atoms with van der Waals surface area (Å²) in [5.41, 5.74) is 9.25. The standard InChI is InChI=1S/C12H10N4/c13-10-7-4-8-11-12(10)16(15-14-11)9-5-2-1-3-6-9/h1-8H,13H2. The molecule has 78 valence electrons. The van der Waals surface area contributed by atoms with Crippen LogP contribution in [-0.4, -0.2) is 15.0 Å². The molecule has 0 spiro atoms. The third-order valence-corrected chi connectivity index (χ3v) is 2.50. The SMILES string of the molecule is Nc1cccc2nnn(-c3ccccc3)c12. The molecule has 0 unspecified atom stereocenters. The number of rotatable bonds is 1. The van der Waals surface area contributed by atoms with Crippen LogP contribution in [0.4, 0.5) is 5.69 Å². The first-order valence-corrected chi connectivity index (χ1v) is 5.01. The van der Waals surface area contributed by atoms with Gasteiger partial charge in [-0.25, -0.2) is 4.68 Å². The van der Waals surface area contributed by atoms with E-state index in [9.17, 15) is 0 Å². The molecule has 4 heteroatoms. The second-order valence-electron chi connectivity index (χ2n) is 3.55. The van der Waals surface area contributed by atoms with Crippen LogP contribution >= 0.6 is 0 Å². The lowest BCUT2D eigenvalue weighted by atomic mass is 10.2. The number of nitrogens with zero attached hydrogens (tertiary/aromatic N) is 3. The van der Waals surface area contributed by atoms with Crippen LogP contribution in [0.25, 0.3) is 16.7 Å². The molecule has 0 amide bonds. The fourth-order valence-corrected chi connectivity index (χ4v) is 1.75. The highest BCUT2D eigenvalue weighted by atomic mass is 15.4. The topological polar surface area (TPSA) is 56.7 Å². The van der Waals surface area contributed by atoms with Crippen LogP contribution in [0.2, 0.25) is 0 Å². The van der Waals surface area contributed by atoms with Crippen LogP contribution in [0.3, 0.4) is 0 Å². The Morgan fingerprint density at radius 1 is 0.938 bits per heavy atom. The smallest absolute Gasteiger partial charge is 0.117 e. The zero-order valence-corrected chi connectivity index (χ0v) is 8.54. The summed E-state index contributed by atoms with van der Waals surface area (Å²) in [5, 5.41) is 8.20. The maximum Gasteiger partial charge on any atom is 0.117 e. The zero-order chi connectivity index (χ0) is 11.0. The molecule has 0 aliphatic heterocycles. The fraction of sp³-hybridized carbons (Fsp3) is 0. The van der Waals surface area contributed by atoms with E-state index in [-0.39, 0.29) is 0 Å². The lowest BCUT2D eigenvalue weighted by Gasteiger charge is -2.02. The third kappa shape index (κ3) is 1.24. The molecule has 0 aliphatic carbocycles. The second kappa shape index (κ2) is 3.34.